The number of carbonyl (C=O) groups excluding carboxylic acids is 1. The van der Waals surface area contributed by atoms with Crippen molar-refractivity contribution in [2.45, 2.75) is 51.9 Å². The molecule has 4 unspecified atom stereocenters. The first kappa shape index (κ1) is 12.9. The van der Waals surface area contributed by atoms with E-state index in [0.717, 1.165) is 31.6 Å². The standard InChI is InChI=1S/C18H24O/c1-12-7-8-15(11-13(12)2)18(19)17-10-9-14-5-3-4-6-16(14)17/h3-6,12-13,15,17H,7-11H2,1-2H3. The molecule has 0 spiro atoms. The fraction of sp³-hybridized carbons (Fsp3) is 0.611. The van der Waals surface area contributed by atoms with Crippen molar-refractivity contribution in [1.29, 1.82) is 0 Å². The number of carbonyl (C=O) groups is 1. The molecule has 1 saturated carbocycles. The van der Waals surface area contributed by atoms with Crippen molar-refractivity contribution in [3.05, 3.63) is 35.4 Å². The van der Waals surface area contributed by atoms with E-state index >= 15 is 0 Å². The molecular formula is C18H24O. The highest BCUT2D eigenvalue weighted by Crippen LogP contribution is 2.40. The molecule has 1 heteroatoms. The highest BCUT2D eigenvalue weighted by atomic mass is 16.1. The molecule has 0 aromatic heterocycles. The minimum absolute atomic E-state index is 0.196. The van der Waals surface area contributed by atoms with E-state index < -0.39 is 0 Å². The molecule has 0 saturated heterocycles. The minimum atomic E-state index is 0.196. The molecule has 19 heavy (non-hydrogen) atoms. The second-order valence-electron chi connectivity index (χ2n) is 6.66. The monoisotopic (exact) mass is 256 g/mol. The van der Waals surface area contributed by atoms with E-state index in [9.17, 15) is 4.79 Å². The highest BCUT2D eigenvalue weighted by Gasteiger charge is 2.36. The van der Waals surface area contributed by atoms with Crippen molar-refractivity contribution >= 4 is 5.78 Å². The van der Waals surface area contributed by atoms with E-state index in [1.807, 2.05) is 0 Å². The molecular weight excluding hydrogens is 232 g/mol. The lowest BCUT2D eigenvalue weighted by atomic mass is 9.72. The molecule has 3 rings (SSSR count). The van der Waals surface area contributed by atoms with Crippen LogP contribution in [-0.2, 0) is 11.2 Å². The van der Waals surface area contributed by atoms with Gasteiger partial charge in [0.1, 0.15) is 5.78 Å². The molecule has 0 amide bonds. The maximum Gasteiger partial charge on any atom is 0.143 e. The largest absolute Gasteiger partial charge is 0.299 e. The molecule has 0 aliphatic heterocycles. The van der Waals surface area contributed by atoms with Gasteiger partial charge in [0.05, 0.1) is 0 Å². The molecule has 0 radical (unpaired) electrons. The maximum absolute atomic E-state index is 12.8. The Labute approximate surface area is 116 Å². The summed E-state index contributed by atoms with van der Waals surface area (Å²) in [6, 6.07) is 8.53. The van der Waals surface area contributed by atoms with Crippen molar-refractivity contribution < 1.29 is 4.79 Å². The summed E-state index contributed by atoms with van der Waals surface area (Å²) >= 11 is 0. The summed E-state index contributed by atoms with van der Waals surface area (Å²) in [6.07, 6.45) is 5.58. The Morgan fingerprint density at radius 1 is 1.05 bits per heavy atom. The lowest BCUT2D eigenvalue weighted by Gasteiger charge is -2.32. The Morgan fingerprint density at radius 2 is 1.84 bits per heavy atom. The van der Waals surface area contributed by atoms with E-state index in [4.69, 9.17) is 0 Å². The summed E-state index contributed by atoms with van der Waals surface area (Å²) in [5, 5.41) is 0. The van der Waals surface area contributed by atoms with Gasteiger partial charge in [-0.25, -0.2) is 0 Å². The van der Waals surface area contributed by atoms with E-state index in [0.29, 0.717) is 17.6 Å². The summed E-state index contributed by atoms with van der Waals surface area (Å²) in [6.45, 7) is 4.64. The van der Waals surface area contributed by atoms with Crippen LogP contribution in [0.2, 0.25) is 0 Å². The van der Waals surface area contributed by atoms with Crippen molar-refractivity contribution in [3.8, 4) is 0 Å². The van der Waals surface area contributed by atoms with Gasteiger partial charge < -0.3 is 0 Å². The number of Topliss-reactive ketones (excluding diaryl/α,β-unsaturated/α-hetero) is 1. The minimum Gasteiger partial charge on any atom is -0.299 e. The number of benzene rings is 1. The van der Waals surface area contributed by atoms with Crippen molar-refractivity contribution in [2.75, 3.05) is 0 Å². The third-order valence-electron chi connectivity index (χ3n) is 5.48. The molecule has 2 aliphatic rings. The van der Waals surface area contributed by atoms with Crippen LogP contribution in [0.4, 0.5) is 0 Å². The van der Waals surface area contributed by atoms with Gasteiger partial charge in [-0.15, -0.1) is 0 Å². The molecule has 0 bridgehead atoms. The summed E-state index contributed by atoms with van der Waals surface area (Å²) < 4.78 is 0. The van der Waals surface area contributed by atoms with E-state index in [1.54, 1.807) is 0 Å². The van der Waals surface area contributed by atoms with E-state index in [2.05, 4.69) is 38.1 Å². The summed E-state index contributed by atoms with van der Waals surface area (Å²) in [4.78, 5) is 12.8. The smallest absolute Gasteiger partial charge is 0.143 e. The first-order chi connectivity index (χ1) is 9.16. The van der Waals surface area contributed by atoms with Crippen LogP contribution in [0.5, 0.6) is 0 Å². The van der Waals surface area contributed by atoms with Gasteiger partial charge in [-0.2, -0.15) is 0 Å². The van der Waals surface area contributed by atoms with Crippen molar-refractivity contribution in [2.24, 2.45) is 17.8 Å². The van der Waals surface area contributed by atoms with Gasteiger partial charge in [-0.05, 0) is 55.1 Å². The van der Waals surface area contributed by atoms with Crippen molar-refractivity contribution in [3.63, 3.8) is 0 Å². The fourth-order valence-electron chi connectivity index (χ4n) is 3.94. The third-order valence-corrected chi connectivity index (χ3v) is 5.48. The zero-order chi connectivity index (χ0) is 13.4. The lowest BCUT2D eigenvalue weighted by Crippen LogP contribution is -2.29. The van der Waals surface area contributed by atoms with Gasteiger partial charge >= 0.3 is 0 Å². The number of hydrogen-bond donors (Lipinski definition) is 0. The summed E-state index contributed by atoms with van der Waals surface area (Å²) in [5.74, 6) is 2.55. The van der Waals surface area contributed by atoms with Crippen LogP contribution in [0.1, 0.15) is 56.6 Å². The molecule has 1 nitrogen and oxygen atoms in total. The Kier molecular flexibility index (Phi) is 3.47. The van der Waals surface area contributed by atoms with Crippen LogP contribution in [0.25, 0.3) is 0 Å². The second-order valence-corrected chi connectivity index (χ2v) is 6.66. The predicted octanol–water partition coefficient (Wildman–Crippen LogP) is 4.36. The molecule has 102 valence electrons. The number of rotatable bonds is 2. The SMILES string of the molecule is CC1CCC(C(=O)C2CCc3ccccc32)CC1C. The van der Waals surface area contributed by atoms with Gasteiger partial charge in [0.2, 0.25) is 0 Å². The quantitative estimate of drug-likeness (QED) is 0.768. The van der Waals surface area contributed by atoms with Gasteiger partial charge in [-0.3, -0.25) is 4.79 Å². The molecule has 0 N–H and O–H groups in total. The third kappa shape index (κ3) is 2.35. The zero-order valence-corrected chi connectivity index (χ0v) is 12.1. The van der Waals surface area contributed by atoms with Gasteiger partial charge in [-0.1, -0.05) is 38.1 Å². The van der Waals surface area contributed by atoms with E-state index in [-0.39, 0.29) is 5.92 Å². The topological polar surface area (TPSA) is 17.1 Å². The zero-order valence-electron chi connectivity index (χ0n) is 12.1. The summed E-state index contributed by atoms with van der Waals surface area (Å²) in [5.41, 5.74) is 2.72. The second kappa shape index (κ2) is 5.11. The Balaban J connectivity index is 1.75. The van der Waals surface area contributed by atoms with Crippen LogP contribution in [0, 0.1) is 17.8 Å². The van der Waals surface area contributed by atoms with E-state index in [1.165, 1.54) is 17.5 Å². The van der Waals surface area contributed by atoms with Crippen LogP contribution >= 0.6 is 0 Å². The van der Waals surface area contributed by atoms with Crippen LogP contribution in [0.15, 0.2) is 24.3 Å². The first-order valence-electron chi connectivity index (χ1n) is 7.78. The van der Waals surface area contributed by atoms with Crippen LogP contribution in [0.3, 0.4) is 0 Å². The predicted molar refractivity (Wildman–Crippen MR) is 78.2 cm³/mol. The van der Waals surface area contributed by atoms with Gasteiger partial charge in [0.25, 0.3) is 0 Å². The fourth-order valence-corrected chi connectivity index (χ4v) is 3.94. The van der Waals surface area contributed by atoms with Gasteiger partial charge in [0.15, 0.2) is 0 Å². The Bertz CT molecular complexity index is 476. The number of ketones is 1. The molecule has 0 heterocycles. The number of fused-ring (bicyclic) bond motifs is 1. The average Bonchev–Trinajstić information content (AvgIpc) is 2.85. The Morgan fingerprint density at radius 3 is 2.63 bits per heavy atom. The van der Waals surface area contributed by atoms with Crippen molar-refractivity contribution in [1.82, 2.24) is 0 Å². The Hall–Kier alpha value is -1.11. The summed E-state index contributed by atoms with van der Waals surface area (Å²) in [7, 11) is 0. The van der Waals surface area contributed by atoms with Gasteiger partial charge in [0, 0.05) is 11.8 Å². The highest BCUT2D eigenvalue weighted by molar-refractivity contribution is 5.89. The first-order valence-corrected chi connectivity index (χ1v) is 7.78. The molecule has 1 aromatic rings. The average molecular weight is 256 g/mol. The molecule has 4 atom stereocenters. The van der Waals surface area contributed by atoms with Crippen LogP contribution in [-0.4, -0.2) is 5.78 Å². The number of hydrogen-bond acceptors (Lipinski definition) is 1. The maximum atomic E-state index is 12.8. The van der Waals surface area contributed by atoms with Crippen LogP contribution < -0.4 is 0 Å². The molecule has 2 aliphatic carbocycles. The lowest BCUT2D eigenvalue weighted by molar-refractivity contribution is -0.126. The molecule has 1 aromatic carbocycles. The normalized spacial score (nSPS) is 34.0. The molecule has 1 fully saturated rings. The number of aryl methyl sites for hydroxylation is 1.